The van der Waals surface area contributed by atoms with E-state index in [0.717, 1.165) is 48.6 Å². The molecule has 24 heavy (non-hydrogen) atoms. The maximum absolute atomic E-state index is 11.2. The van der Waals surface area contributed by atoms with Crippen LogP contribution in [0.25, 0.3) is 5.57 Å². The van der Waals surface area contributed by atoms with Crippen molar-refractivity contribution in [3.63, 3.8) is 0 Å². The van der Waals surface area contributed by atoms with E-state index in [9.17, 15) is 5.11 Å². The maximum Gasteiger partial charge on any atom is 0.119 e. The zero-order valence-corrected chi connectivity index (χ0v) is 14.2. The van der Waals surface area contributed by atoms with Gasteiger partial charge in [-0.1, -0.05) is 12.2 Å². The van der Waals surface area contributed by atoms with E-state index in [1.54, 1.807) is 7.11 Å². The van der Waals surface area contributed by atoms with Gasteiger partial charge in [-0.05, 0) is 55.0 Å². The van der Waals surface area contributed by atoms with E-state index in [4.69, 9.17) is 4.74 Å². The summed E-state index contributed by atoms with van der Waals surface area (Å²) in [6.07, 6.45) is 6.06. The number of piperidine rings is 3. The lowest BCUT2D eigenvalue weighted by molar-refractivity contribution is -0.0254. The van der Waals surface area contributed by atoms with E-state index in [1.807, 2.05) is 18.2 Å². The predicted molar refractivity (Wildman–Crippen MR) is 97.2 cm³/mol. The quantitative estimate of drug-likeness (QED) is 0.835. The van der Waals surface area contributed by atoms with Crippen LogP contribution in [0.2, 0.25) is 0 Å². The number of ether oxygens (including phenoxy) is 1. The van der Waals surface area contributed by atoms with E-state index in [-0.39, 0.29) is 6.04 Å². The fraction of sp³-hybridized carbons (Fsp3) is 0.500. The van der Waals surface area contributed by atoms with Crippen molar-refractivity contribution in [2.24, 2.45) is 11.8 Å². The highest BCUT2D eigenvalue weighted by Crippen LogP contribution is 2.42. The van der Waals surface area contributed by atoms with Gasteiger partial charge in [0.1, 0.15) is 5.75 Å². The van der Waals surface area contributed by atoms with Gasteiger partial charge in [0.2, 0.25) is 0 Å². The van der Waals surface area contributed by atoms with Gasteiger partial charge in [0, 0.05) is 30.4 Å². The molecule has 5 rings (SSSR count). The molecule has 1 aromatic rings. The summed E-state index contributed by atoms with van der Waals surface area (Å²) in [4.78, 5) is 2.46. The van der Waals surface area contributed by atoms with Crippen molar-refractivity contribution in [3.8, 4) is 5.75 Å². The monoisotopic (exact) mass is 326 g/mol. The Kier molecular flexibility index (Phi) is 4.10. The SMILES string of the molecule is C=C[C@H]1CN2CCC1C[C@H]2[C@H](O)C1=CCNc2ccc(OC)cc21. The highest BCUT2D eigenvalue weighted by Gasteiger charge is 2.42. The highest BCUT2D eigenvalue weighted by atomic mass is 16.5. The summed E-state index contributed by atoms with van der Waals surface area (Å²) in [6.45, 7) is 6.87. The zero-order valence-electron chi connectivity index (χ0n) is 14.2. The Morgan fingerprint density at radius 3 is 3.04 bits per heavy atom. The number of fused-ring (bicyclic) bond motifs is 4. The fourth-order valence-electron chi connectivity index (χ4n) is 4.62. The Bertz CT molecular complexity index is 670. The number of nitrogens with zero attached hydrogens (tertiary/aromatic N) is 1. The normalized spacial score (nSPS) is 32.3. The molecule has 4 aliphatic rings. The van der Waals surface area contributed by atoms with Crippen molar-refractivity contribution in [3.05, 3.63) is 42.5 Å². The molecule has 0 aliphatic carbocycles. The molecule has 2 bridgehead atoms. The van der Waals surface area contributed by atoms with E-state index in [1.165, 1.54) is 6.42 Å². The minimum Gasteiger partial charge on any atom is -0.497 e. The number of rotatable bonds is 4. The lowest BCUT2D eigenvalue weighted by Crippen LogP contribution is -2.57. The molecular formula is C20H26N2O2. The third kappa shape index (κ3) is 2.54. The summed E-state index contributed by atoms with van der Waals surface area (Å²) in [5.74, 6) is 2.07. The maximum atomic E-state index is 11.2. The molecule has 4 nitrogen and oxygen atoms in total. The minimum absolute atomic E-state index is 0.211. The predicted octanol–water partition coefficient (Wildman–Crippen LogP) is 2.76. The third-order valence-corrected chi connectivity index (χ3v) is 5.99. The summed E-state index contributed by atoms with van der Waals surface area (Å²) in [7, 11) is 1.68. The van der Waals surface area contributed by atoms with Gasteiger partial charge in [0.15, 0.2) is 0 Å². The van der Waals surface area contributed by atoms with Crippen molar-refractivity contribution < 1.29 is 9.84 Å². The zero-order chi connectivity index (χ0) is 16.7. The van der Waals surface area contributed by atoms with Gasteiger partial charge < -0.3 is 15.2 Å². The van der Waals surface area contributed by atoms with Gasteiger partial charge in [-0.3, -0.25) is 4.90 Å². The van der Waals surface area contributed by atoms with Gasteiger partial charge in [0.25, 0.3) is 0 Å². The second kappa shape index (κ2) is 6.26. The van der Waals surface area contributed by atoms with Crippen LogP contribution in [0.4, 0.5) is 5.69 Å². The number of aliphatic hydroxyl groups excluding tert-OH is 1. The number of hydrogen-bond acceptors (Lipinski definition) is 4. The third-order valence-electron chi connectivity index (χ3n) is 5.99. The van der Waals surface area contributed by atoms with Gasteiger partial charge in [-0.15, -0.1) is 6.58 Å². The van der Waals surface area contributed by atoms with Crippen molar-refractivity contribution in [2.45, 2.75) is 25.0 Å². The topological polar surface area (TPSA) is 44.7 Å². The van der Waals surface area contributed by atoms with Crippen LogP contribution in [0.3, 0.4) is 0 Å². The first-order valence-electron chi connectivity index (χ1n) is 8.88. The van der Waals surface area contributed by atoms with Crippen LogP contribution in [-0.4, -0.2) is 48.9 Å². The van der Waals surface area contributed by atoms with Gasteiger partial charge >= 0.3 is 0 Å². The molecule has 0 aromatic heterocycles. The Balaban J connectivity index is 1.61. The largest absolute Gasteiger partial charge is 0.497 e. The second-order valence-electron chi connectivity index (χ2n) is 7.14. The molecule has 3 saturated heterocycles. The van der Waals surface area contributed by atoms with Gasteiger partial charge in [-0.2, -0.15) is 0 Å². The minimum atomic E-state index is -0.452. The highest BCUT2D eigenvalue weighted by molar-refractivity contribution is 5.82. The van der Waals surface area contributed by atoms with E-state index in [0.29, 0.717) is 11.8 Å². The number of anilines is 1. The molecule has 3 fully saturated rings. The first kappa shape index (κ1) is 15.7. The lowest BCUT2D eigenvalue weighted by Gasteiger charge is -2.51. The summed E-state index contributed by atoms with van der Waals surface area (Å²) in [5.41, 5.74) is 3.18. The summed E-state index contributed by atoms with van der Waals surface area (Å²) >= 11 is 0. The summed E-state index contributed by atoms with van der Waals surface area (Å²) in [6, 6.07) is 6.24. The molecule has 4 heteroatoms. The number of benzene rings is 1. The Morgan fingerprint density at radius 2 is 2.33 bits per heavy atom. The molecule has 0 amide bonds. The van der Waals surface area contributed by atoms with Crippen molar-refractivity contribution in [1.82, 2.24) is 4.90 Å². The number of nitrogens with one attached hydrogen (secondary N) is 1. The van der Waals surface area contributed by atoms with Crippen LogP contribution in [0.15, 0.2) is 36.9 Å². The van der Waals surface area contributed by atoms with Crippen LogP contribution in [0.5, 0.6) is 5.75 Å². The Labute approximate surface area is 143 Å². The average Bonchev–Trinajstić information content (AvgIpc) is 2.66. The Morgan fingerprint density at radius 1 is 1.46 bits per heavy atom. The summed E-state index contributed by atoms with van der Waals surface area (Å²) in [5, 5.41) is 14.6. The first-order valence-corrected chi connectivity index (χ1v) is 8.88. The number of methoxy groups -OCH3 is 1. The van der Waals surface area contributed by atoms with Crippen molar-refractivity contribution in [1.29, 1.82) is 0 Å². The van der Waals surface area contributed by atoms with Crippen molar-refractivity contribution in [2.75, 3.05) is 32.1 Å². The molecule has 2 unspecified atom stereocenters. The van der Waals surface area contributed by atoms with Crippen molar-refractivity contribution >= 4 is 11.3 Å². The molecule has 4 aliphatic heterocycles. The molecule has 4 heterocycles. The fourth-order valence-corrected chi connectivity index (χ4v) is 4.62. The standard InChI is InChI=1S/C20H26N2O2/c1-3-13-12-22-9-7-14(13)10-19(22)20(23)16-6-8-21-18-5-4-15(24-2)11-17(16)18/h3-6,11,13-14,19-21,23H,1,7-10,12H2,2H3/t13-,14?,19-,20+/m0/s1. The molecule has 1 aromatic carbocycles. The molecule has 128 valence electrons. The van der Waals surface area contributed by atoms with E-state index < -0.39 is 6.10 Å². The van der Waals surface area contributed by atoms with Crippen LogP contribution >= 0.6 is 0 Å². The van der Waals surface area contributed by atoms with E-state index in [2.05, 4.69) is 28.9 Å². The molecule has 0 saturated carbocycles. The van der Waals surface area contributed by atoms with Crippen LogP contribution in [0, 0.1) is 11.8 Å². The Hall–Kier alpha value is -1.78. The van der Waals surface area contributed by atoms with Gasteiger partial charge in [-0.25, -0.2) is 0 Å². The first-order chi connectivity index (χ1) is 11.7. The molecule has 0 spiro atoms. The lowest BCUT2D eigenvalue weighted by atomic mass is 9.73. The average molecular weight is 326 g/mol. The summed E-state index contributed by atoms with van der Waals surface area (Å²) < 4.78 is 5.37. The number of hydrogen-bond donors (Lipinski definition) is 2. The van der Waals surface area contributed by atoms with Crippen LogP contribution < -0.4 is 10.1 Å². The molecule has 0 radical (unpaired) electrons. The number of aliphatic hydroxyl groups is 1. The van der Waals surface area contributed by atoms with Gasteiger partial charge in [0.05, 0.1) is 13.2 Å². The molecule has 2 N–H and O–H groups in total. The second-order valence-corrected chi connectivity index (χ2v) is 7.14. The van der Waals surface area contributed by atoms with Crippen LogP contribution in [0.1, 0.15) is 18.4 Å². The van der Waals surface area contributed by atoms with Crippen LogP contribution in [-0.2, 0) is 0 Å². The van der Waals surface area contributed by atoms with E-state index >= 15 is 0 Å². The smallest absolute Gasteiger partial charge is 0.119 e. The molecule has 5 atom stereocenters. The molecular weight excluding hydrogens is 300 g/mol.